The van der Waals surface area contributed by atoms with Gasteiger partial charge in [0.15, 0.2) is 5.75 Å². The summed E-state index contributed by atoms with van der Waals surface area (Å²) in [6.07, 6.45) is 5.96. The fraction of sp³-hybridized carbons (Fsp3) is 0.455. The molecule has 1 amide bonds. The summed E-state index contributed by atoms with van der Waals surface area (Å²) in [5.41, 5.74) is 0.564. The Kier molecular flexibility index (Phi) is 3.33. The number of carbonyl (C=O) groups excluding carboxylic acids is 1. The van der Waals surface area contributed by atoms with Gasteiger partial charge in [0, 0.05) is 7.05 Å². The minimum atomic E-state index is -0.131. The summed E-state index contributed by atoms with van der Waals surface area (Å²) >= 11 is 1.51. The number of carbonyl (C=O) groups is 1. The van der Waals surface area contributed by atoms with E-state index in [1.807, 2.05) is 6.26 Å². The zero-order valence-electron chi connectivity index (χ0n) is 9.32. The van der Waals surface area contributed by atoms with Crippen LogP contribution in [-0.4, -0.2) is 30.3 Å². The van der Waals surface area contributed by atoms with Crippen molar-refractivity contribution in [2.45, 2.75) is 24.0 Å². The third kappa shape index (κ3) is 2.47. The van der Waals surface area contributed by atoms with Crippen molar-refractivity contribution in [3.8, 4) is 5.75 Å². The van der Waals surface area contributed by atoms with E-state index in [4.69, 9.17) is 4.74 Å². The van der Waals surface area contributed by atoms with Crippen molar-refractivity contribution in [1.82, 2.24) is 10.3 Å². The Morgan fingerprint density at radius 2 is 2.38 bits per heavy atom. The molecule has 86 valence electrons. The Balaban J connectivity index is 2.29. The first-order valence-electron chi connectivity index (χ1n) is 5.17. The first kappa shape index (κ1) is 11.3. The Bertz CT molecular complexity index is 405. The highest BCUT2D eigenvalue weighted by Gasteiger charge is 2.26. The molecule has 0 radical (unpaired) electrons. The zero-order valence-corrected chi connectivity index (χ0v) is 10.1. The normalized spacial score (nSPS) is 14.6. The maximum Gasteiger partial charge on any atom is 0.254 e. The highest BCUT2D eigenvalue weighted by atomic mass is 32.2. The molecule has 0 aromatic carbocycles. The van der Waals surface area contributed by atoms with E-state index in [2.05, 4.69) is 10.3 Å². The zero-order chi connectivity index (χ0) is 11.5. The van der Waals surface area contributed by atoms with Gasteiger partial charge in [-0.05, 0) is 25.2 Å². The molecule has 1 fully saturated rings. The minimum Gasteiger partial charge on any atom is -0.488 e. The third-order valence-electron chi connectivity index (χ3n) is 2.34. The van der Waals surface area contributed by atoms with E-state index < -0.39 is 0 Å². The molecule has 4 nitrogen and oxygen atoms in total. The first-order chi connectivity index (χ1) is 7.74. The SMILES string of the molecule is CNC(=O)c1cc(SC)ncc1OC1CC1. The number of rotatable bonds is 4. The second kappa shape index (κ2) is 4.74. The van der Waals surface area contributed by atoms with Crippen molar-refractivity contribution in [3.05, 3.63) is 17.8 Å². The summed E-state index contributed by atoms with van der Waals surface area (Å²) in [5, 5.41) is 3.43. The molecule has 0 unspecified atom stereocenters. The molecule has 1 heterocycles. The van der Waals surface area contributed by atoms with Gasteiger partial charge < -0.3 is 10.1 Å². The standard InChI is InChI=1S/C11H14N2O2S/c1-12-11(14)8-5-10(16-2)13-6-9(8)15-7-3-4-7/h5-7H,3-4H2,1-2H3,(H,12,14). The molecule has 1 aliphatic carbocycles. The van der Waals surface area contributed by atoms with E-state index in [9.17, 15) is 4.79 Å². The molecule has 0 bridgehead atoms. The van der Waals surface area contributed by atoms with Gasteiger partial charge in [-0.1, -0.05) is 0 Å². The maximum absolute atomic E-state index is 11.7. The van der Waals surface area contributed by atoms with Gasteiger partial charge in [-0.3, -0.25) is 4.79 Å². The number of pyridine rings is 1. The number of hydrogen-bond acceptors (Lipinski definition) is 4. The Morgan fingerprint density at radius 3 is 2.94 bits per heavy atom. The van der Waals surface area contributed by atoms with Crippen LogP contribution in [0.2, 0.25) is 0 Å². The van der Waals surface area contributed by atoms with Crippen molar-refractivity contribution in [2.75, 3.05) is 13.3 Å². The molecule has 0 saturated heterocycles. The van der Waals surface area contributed by atoms with Gasteiger partial charge in [0.05, 0.1) is 22.9 Å². The van der Waals surface area contributed by atoms with Crippen molar-refractivity contribution in [1.29, 1.82) is 0 Å². The summed E-state index contributed by atoms with van der Waals surface area (Å²) in [5.74, 6) is 0.452. The largest absolute Gasteiger partial charge is 0.488 e. The van der Waals surface area contributed by atoms with E-state index >= 15 is 0 Å². The van der Waals surface area contributed by atoms with Crippen LogP contribution in [0.25, 0.3) is 0 Å². The number of nitrogens with zero attached hydrogens (tertiary/aromatic N) is 1. The van der Waals surface area contributed by atoms with Crippen LogP contribution in [0.1, 0.15) is 23.2 Å². The Hall–Kier alpha value is -1.23. The smallest absolute Gasteiger partial charge is 0.254 e. The average Bonchev–Trinajstić information content (AvgIpc) is 3.12. The van der Waals surface area contributed by atoms with E-state index in [-0.39, 0.29) is 12.0 Å². The van der Waals surface area contributed by atoms with Crippen molar-refractivity contribution >= 4 is 17.7 Å². The molecule has 1 N–H and O–H groups in total. The molecule has 0 spiro atoms. The third-order valence-corrected chi connectivity index (χ3v) is 2.98. The molecule has 1 aromatic rings. The van der Waals surface area contributed by atoms with Crippen LogP contribution in [0, 0.1) is 0 Å². The Morgan fingerprint density at radius 1 is 1.62 bits per heavy atom. The highest BCUT2D eigenvalue weighted by molar-refractivity contribution is 7.98. The van der Waals surface area contributed by atoms with Crippen molar-refractivity contribution in [3.63, 3.8) is 0 Å². The van der Waals surface area contributed by atoms with Crippen LogP contribution < -0.4 is 10.1 Å². The number of amides is 1. The van der Waals surface area contributed by atoms with Gasteiger partial charge in [-0.25, -0.2) is 4.98 Å². The first-order valence-corrected chi connectivity index (χ1v) is 6.40. The van der Waals surface area contributed by atoms with E-state index in [1.165, 1.54) is 11.8 Å². The molecule has 1 aliphatic rings. The van der Waals surface area contributed by atoms with E-state index in [1.54, 1.807) is 19.3 Å². The molecule has 1 aromatic heterocycles. The van der Waals surface area contributed by atoms with Gasteiger partial charge in [0.2, 0.25) is 0 Å². The lowest BCUT2D eigenvalue weighted by Crippen LogP contribution is -2.19. The predicted octanol–water partition coefficient (Wildman–Crippen LogP) is 1.70. The molecule has 5 heteroatoms. The van der Waals surface area contributed by atoms with E-state index in [0.29, 0.717) is 11.3 Å². The van der Waals surface area contributed by atoms with E-state index in [0.717, 1.165) is 17.9 Å². The fourth-order valence-corrected chi connectivity index (χ4v) is 1.70. The van der Waals surface area contributed by atoms with Crippen LogP contribution >= 0.6 is 11.8 Å². The van der Waals surface area contributed by atoms with Crippen molar-refractivity contribution in [2.24, 2.45) is 0 Å². The molecule has 0 aliphatic heterocycles. The lowest BCUT2D eigenvalue weighted by Gasteiger charge is -2.10. The molecule has 2 rings (SSSR count). The van der Waals surface area contributed by atoms with Crippen LogP contribution in [-0.2, 0) is 0 Å². The van der Waals surface area contributed by atoms with Crippen LogP contribution in [0.3, 0.4) is 0 Å². The monoisotopic (exact) mass is 238 g/mol. The number of nitrogens with one attached hydrogen (secondary N) is 1. The number of aromatic nitrogens is 1. The predicted molar refractivity (Wildman–Crippen MR) is 63.1 cm³/mol. The van der Waals surface area contributed by atoms with Gasteiger partial charge in [-0.15, -0.1) is 11.8 Å². The van der Waals surface area contributed by atoms with Gasteiger partial charge in [-0.2, -0.15) is 0 Å². The number of hydrogen-bond donors (Lipinski definition) is 1. The second-order valence-electron chi connectivity index (χ2n) is 3.62. The fourth-order valence-electron chi connectivity index (χ4n) is 1.31. The quantitative estimate of drug-likeness (QED) is 0.811. The summed E-state index contributed by atoms with van der Waals surface area (Å²) in [7, 11) is 1.61. The second-order valence-corrected chi connectivity index (χ2v) is 4.45. The lowest BCUT2D eigenvalue weighted by molar-refractivity contribution is 0.0958. The highest BCUT2D eigenvalue weighted by Crippen LogP contribution is 2.30. The summed E-state index contributed by atoms with van der Waals surface area (Å²) in [4.78, 5) is 15.9. The van der Waals surface area contributed by atoms with Crippen LogP contribution in [0.4, 0.5) is 0 Å². The van der Waals surface area contributed by atoms with Gasteiger partial charge >= 0.3 is 0 Å². The maximum atomic E-state index is 11.7. The summed E-state index contributed by atoms with van der Waals surface area (Å²) in [6.45, 7) is 0. The summed E-state index contributed by atoms with van der Waals surface area (Å²) < 4.78 is 5.65. The molecule has 0 atom stereocenters. The number of thioether (sulfide) groups is 1. The average molecular weight is 238 g/mol. The minimum absolute atomic E-state index is 0.131. The van der Waals surface area contributed by atoms with Gasteiger partial charge in [0.25, 0.3) is 5.91 Å². The van der Waals surface area contributed by atoms with Crippen LogP contribution in [0.15, 0.2) is 17.3 Å². The lowest BCUT2D eigenvalue weighted by atomic mass is 10.2. The summed E-state index contributed by atoms with van der Waals surface area (Å²) in [6, 6.07) is 1.77. The molecular formula is C11H14N2O2S. The number of ether oxygens (including phenoxy) is 1. The molecule has 16 heavy (non-hydrogen) atoms. The topological polar surface area (TPSA) is 51.2 Å². The van der Waals surface area contributed by atoms with Gasteiger partial charge in [0.1, 0.15) is 0 Å². The molecular weight excluding hydrogens is 224 g/mol. The Labute approximate surface area is 98.8 Å². The van der Waals surface area contributed by atoms with Crippen LogP contribution in [0.5, 0.6) is 5.75 Å². The molecule has 1 saturated carbocycles. The van der Waals surface area contributed by atoms with Crippen molar-refractivity contribution < 1.29 is 9.53 Å².